The van der Waals surface area contributed by atoms with Gasteiger partial charge in [-0.25, -0.2) is 9.59 Å². The first kappa shape index (κ1) is 74.0. The summed E-state index contributed by atoms with van der Waals surface area (Å²) in [5.74, 6) is -1.43. The number of likely N-dealkylation sites (N-methyl/N-ethyl adjacent to an activating group) is 2. The van der Waals surface area contributed by atoms with E-state index in [2.05, 4.69) is 35.8 Å². The summed E-state index contributed by atoms with van der Waals surface area (Å²) in [6.45, 7) is 7.24. The number of aromatic carboxylic acids is 1. The van der Waals surface area contributed by atoms with Crippen molar-refractivity contribution in [1.82, 2.24) is 10.6 Å². The molecule has 4 atom stereocenters. The minimum atomic E-state index is -1.15. The number of hydrogen-bond donors (Lipinski definition) is 4. The molecule has 5 heterocycles. The molecule has 0 saturated carbocycles. The zero-order valence-corrected chi connectivity index (χ0v) is 51.5. The van der Waals surface area contributed by atoms with Crippen LogP contribution < -0.4 is 45.9 Å². The van der Waals surface area contributed by atoms with E-state index in [0.29, 0.717) is 56.5 Å². The van der Waals surface area contributed by atoms with Crippen molar-refractivity contribution in [2.75, 3.05) is 33.7 Å². The molecular formula is C57H64BCl8N3NaO9. The summed E-state index contributed by atoms with van der Waals surface area (Å²) in [6.07, 6.45) is 3.32. The second-order valence-electron chi connectivity index (χ2n) is 17.0. The van der Waals surface area contributed by atoms with E-state index in [1.807, 2.05) is 68.7 Å². The van der Waals surface area contributed by atoms with Gasteiger partial charge in [0.05, 0.1) is 67.0 Å². The van der Waals surface area contributed by atoms with Crippen LogP contribution in [0.3, 0.4) is 0 Å². The Labute approximate surface area is 531 Å². The van der Waals surface area contributed by atoms with Gasteiger partial charge in [0, 0.05) is 86.5 Å². The van der Waals surface area contributed by atoms with Crippen LogP contribution in [-0.4, -0.2) is 65.5 Å². The monoisotopic (exact) mass is 1250 g/mol. The topological polar surface area (TPSA) is 168 Å². The number of carbonyl (C=O) groups is 3. The molecular weight excluding hydrogens is 1190 g/mol. The van der Waals surface area contributed by atoms with Gasteiger partial charge in [-0.3, -0.25) is 4.79 Å². The zero-order valence-electron chi connectivity index (χ0n) is 44.3. The predicted molar refractivity (Wildman–Crippen MR) is 320 cm³/mol. The summed E-state index contributed by atoms with van der Waals surface area (Å²) >= 11 is 35.5. The number of nitrogens with two attached hydrogens (primary N) is 1. The van der Waals surface area contributed by atoms with Crippen LogP contribution >= 0.6 is 94.4 Å². The molecule has 3 radical (unpaired) electrons. The van der Waals surface area contributed by atoms with Gasteiger partial charge in [-0.15, -0.1) is 24.8 Å². The number of nitrogens with one attached hydrogen (secondary N) is 2. The third-order valence-electron chi connectivity index (χ3n) is 12.4. The van der Waals surface area contributed by atoms with E-state index in [1.165, 1.54) is 40.5 Å². The Balaban J connectivity index is 0.000000923. The number of halogens is 8. The average Bonchev–Trinajstić information content (AvgIpc) is 4.26. The number of fused-ring (bicyclic) bond motifs is 5. The Bertz CT molecular complexity index is 2770. The zero-order chi connectivity index (χ0) is 53.3. The molecule has 5 aliphatic heterocycles. The number of aldehydes is 1. The molecule has 0 saturated heterocycles. The first-order valence-electron chi connectivity index (χ1n) is 23.7. The maximum absolute atomic E-state index is 10.9. The number of carbonyl (C=O) groups excluding carboxylic acids is 2. The van der Waals surface area contributed by atoms with Gasteiger partial charge in [-0.2, -0.15) is 0 Å². The van der Waals surface area contributed by atoms with Crippen LogP contribution in [0.1, 0.15) is 134 Å². The van der Waals surface area contributed by atoms with Crippen LogP contribution in [0.25, 0.3) is 0 Å². The first-order chi connectivity index (χ1) is 35.8. The van der Waals surface area contributed by atoms with Gasteiger partial charge < -0.3 is 46.6 Å². The van der Waals surface area contributed by atoms with Crippen molar-refractivity contribution < 1.29 is 74.2 Å². The van der Waals surface area contributed by atoms with Crippen molar-refractivity contribution >= 4 is 121 Å². The molecule has 2 unspecified atom stereocenters. The number of carboxylic acid groups (broad SMARTS) is 1. The smallest absolute Gasteiger partial charge is 1.00 e. The van der Waals surface area contributed by atoms with Gasteiger partial charge in [0.15, 0.2) is 6.29 Å². The number of esters is 1. The molecule has 5 N–H and O–H groups in total. The van der Waals surface area contributed by atoms with E-state index in [0.717, 1.165) is 73.8 Å². The molecule has 11 rings (SSSR count). The number of rotatable bonds is 9. The van der Waals surface area contributed by atoms with E-state index in [-0.39, 0.29) is 118 Å². The van der Waals surface area contributed by atoms with Crippen molar-refractivity contribution in [1.29, 1.82) is 0 Å². The molecule has 22 heteroatoms. The number of benzene rings is 6. The summed E-state index contributed by atoms with van der Waals surface area (Å²) in [5.41, 5.74) is 16.3. The summed E-state index contributed by atoms with van der Waals surface area (Å²) in [4.78, 5) is 31.9. The van der Waals surface area contributed by atoms with Gasteiger partial charge >= 0.3 is 41.5 Å². The molecule has 0 aromatic heterocycles. The molecule has 421 valence electrons. The second kappa shape index (κ2) is 37.3. The fourth-order valence-electron chi connectivity index (χ4n) is 8.57. The molecule has 6 aromatic rings. The van der Waals surface area contributed by atoms with Crippen molar-refractivity contribution in [3.8, 4) is 0 Å². The molecule has 0 fully saturated rings. The molecule has 0 spiro atoms. The third-order valence-corrected chi connectivity index (χ3v) is 14.5. The normalized spacial score (nSPS) is 16.7. The maximum atomic E-state index is 10.9. The largest absolute Gasteiger partial charge is 1.00 e. The van der Waals surface area contributed by atoms with Crippen LogP contribution in [-0.2, 0) is 56.7 Å². The van der Waals surface area contributed by atoms with Gasteiger partial charge in [0.1, 0.15) is 6.61 Å². The summed E-state index contributed by atoms with van der Waals surface area (Å²) in [5, 5.41) is 18.8. The number of cyclic esters (lactones) is 1. The summed E-state index contributed by atoms with van der Waals surface area (Å²) < 4.78 is 27.1. The Morgan fingerprint density at radius 2 is 0.949 bits per heavy atom. The SMILES string of the molecule is C.CCCC1OCc2c(Cl)cccc21.CNC[C@@H]1OCc2c(Cl)cccc21.CNC[C@H]1OCc2c(Cl)cccc21.Cl.Cl.NCC1OCc2c(Cl)cccc21.O=C1OCc2c(Cl)cccc21.O=Cc1c(Cl)cccc1C(=O)O.[B].[H-].[Na+]. The molecule has 6 aromatic carbocycles. The van der Waals surface area contributed by atoms with Crippen LogP contribution in [0.5, 0.6) is 0 Å². The van der Waals surface area contributed by atoms with E-state index < -0.39 is 5.97 Å². The molecule has 0 bridgehead atoms. The van der Waals surface area contributed by atoms with Crippen molar-refractivity contribution in [3.63, 3.8) is 0 Å². The van der Waals surface area contributed by atoms with Crippen molar-refractivity contribution in [3.05, 3.63) is 206 Å². The Morgan fingerprint density at radius 3 is 1.32 bits per heavy atom. The molecule has 79 heavy (non-hydrogen) atoms. The average molecular weight is 1250 g/mol. The maximum Gasteiger partial charge on any atom is 1.00 e. The van der Waals surface area contributed by atoms with E-state index in [1.54, 1.807) is 18.2 Å². The Hall–Kier alpha value is -2.97. The molecule has 5 aliphatic rings. The van der Waals surface area contributed by atoms with E-state index >= 15 is 0 Å². The minimum Gasteiger partial charge on any atom is -1.00 e. The van der Waals surface area contributed by atoms with Gasteiger partial charge in [0.25, 0.3) is 0 Å². The fourth-order valence-corrected chi connectivity index (χ4v) is 9.97. The Kier molecular flexibility index (Phi) is 34.9. The molecule has 0 aliphatic carbocycles. The Morgan fingerprint density at radius 1 is 0.595 bits per heavy atom. The van der Waals surface area contributed by atoms with Crippen LogP contribution in [0.2, 0.25) is 30.1 Å². The summed E-state index contributed by atoms with van der Waals surface area (Å²) in [6, 6.07) is 33.3. The third kappa shape index (κ3) is 19.6. The first-order valence-corrected chi connectivity index (χ1v) is 26.0. The van der Waals surface area contributed by atoms with Crippen LogP contribution in [0.4, 0.5) is 0 Å². The van der Waals surface area contributed by atoms with Crippen molar-refractivity contribution in [2.45, 2.75) is 84.6 Å². The summed E-state index contributed by atoms with van der Waals surface area (Å²) in [7, 11) is 3.85. The quantitative estimate of drug-likeness (QED) is 0.0615. The predicted octanol–water partition coefficient (Wildman–Crippen LogP) is 11.9. The van der Waals surface area contributed by atoms with Gasteiger partial charge in [-0.1, -0.05) is 151 Å². The number of carboxylic acids is 1. The van der Waals surface area contributed by atoms with E-state index in [4.69, 9.17) is 104 Å². The molecule has 12 nitrogen and oxygen atoms in total. The second-order valence-corrected chi connectivity index (χ2v) is 19.5. The van der Waals surface area contributed by atoms with Crippen LogP contribution in [0, 0.1) is 0 Å². The van der Waals surface area contributed by atoms with E-state index in [9.17, 15) is 14.4 Å². The van der Waals surface area contributed by atoms with Gasteiger partial charge in [-0.05, 0) is 91.3 Å². The minimum absolute atomic E-state index is 0. The standard InChI is InChI=1S/C11H13ClO.2C10H12ClNO.C9H10ClNO.C8H5ClO3.C8H5ClO2.CH4.B.2ClH.Na.H/c1-2-4-11-8-5-3-6-10(12)9(8)7-13-11;2*1-12-5-10-7-3-2-4-9(11)8(7)6-13-10;10-8-3-1-2-6-7(8)5-12-9(6)4-11;9-7-3-1-2-5(8(11)12)6(7)4-10;9-7-3-1-2-5-6(7)4-11-8(5)10;;;;;;/h3,5-6,11H,2,4,7H2,1H3;2*2-4,10,12H,5-6H2,1H3;1-3,9H,4-5,11H2;1-4H,(H,11,12);1-3H,4H2;1H4;;2*1H;;/q;;;;;;;;;;+1;-1/t;2*10-;;;;;;;;;/m.10........./s1. The molecule has 0 amide bonds. The van der Waals surface area contributed by atoms with Crippen molar-refractivity contribution in [2.24, 2.45) is 5.73 Å². The van der Waals surface area contributed by atoms with Gasteiger partial charge in [0.2, 0.25) is 0 Å². The van der Waals surface area contributed by atoms with Crippen LogP contribution in [0.15, 0.2) is 109 Å². The number of ether oxygens (including phenoxy) is 5. The number of hydrogen-bond acceptors (Lipinski definition) is 11. The fraction of sp³-hybridized carbons (Fsp3) is 0.316.